The molecule has 8 nitrogen and oxygen atoms in total. The van der Waals surface area contributed by atoms with Crippen molar-refractivity contribution in [3.05, 3.63) is 47.6 Å². The number of anilines is 1. The van der Waals surface area contributed by atoms with Gasteiger partial charge in [-0.2, -0.15) is 0 Å². The van der Waals surface area contributed by atoms with Crippen molar-refractivity contribution in [1.29, 1.82) is 0 Å². The average Bonchev–Trinajstić information content (AvgIpc) is 2.85. The first-order valence-corrected chi connectivity index (χ1v) is 12.4. The summed E-state index contributed by atoms with van der Waals surface area (Å²) in [5, 5.41) is 34.3. The highest BCUT2D eigenvalue weighted by molar-refractivity contribution is 6.34. The largest absolute Gasteiger partial charge is 0.394 e. The van der Waals surface area contributed by atoms with Crippen molar-refractivity contribution >= 4 is 28.2 Å². The second-order valence-electron chi connectivity index (χ2n) is 10.00. The van der Waals surface area contributed by atoms with Crippen molar-refractivity contribution in [3.8, 4) is 11.1 Å². The summed E-state index contributed by atoms with van der Waals surface area (Å²) in [6.07, 6.45) is 6.51. The molecule has 2 aromatic heterocycles. The lowest BCUT2D eigenvalue weighted by molar-refractivity contribution is 0.0431. The number of benzene rings is 1. The van der Waals surface area contributed by atoms with Gasteiger partial charge >= 0.3 is 0 Å². The van der Waals surface area contributed by atoms with E-state index < -0.39 is 11.7 Å². The minimum absolute atomic E-state index is 0.144. The van der Waals surface area contributed by atoms with Gasteiger partial charge in [0.05, 0.1) is 28.9 Å². The van der Waals surface area contributed by atoms with E-state index in [0.29, 0.717) is 23.3 Å². The van der Waals surface area contributed by atoms with Crippen LogP contribution < -0.4 is 5.32 Å². The van der Waals surface area contributed by atoms with Gasteiger partial charge in [0.2, 0.25) is 0 Å². The lowest BCUT2D eigenvalue weighted by Crippen LogP contribution is -2.45. The molecule has 0 saturated carbocycles. The van der Waals surface area contributed by atoms with Gasteiger partial charge in [-0.1, -0.05) is 17.7 Å². The normalized spacial score (nSPS) is 19.0. The lowest BCUT2D eigenvalue weighted by Gasteiger charge is -2.37. The molecule has 3 atom stereocenters. The molecule has 0 bridgehead atoms. The Hall–Kier alpha value is -2.36. The fourth-order valence-electron chi connectivity index (χ4n) is 4.65. The summed E-state index contributed by atoms with van der Waals surface area (Å²) in [6.45, 7) is 7.51. The van der Waals surface area contributed by atoms with Crippen LogP contribution in [0.1, 0.15) is 39.4 Å². The summed E-state index contributed by atoms with van der Waals surface area (Å²) >= 11 is 6.62. The van der Waals surface area contributed by atoms with Crippen LogP contribution in [0.15, 0.2) is 36.8 Å². The molecule has 35 heavy (non-hydrogen) atoms. The highest BCUT2D eigenvalue weighted by Gasteiger charge is 2.26. The molecule has 4 N–H and O–H groups in total. The molecular formula is C26H34ClN5O3. The van der Waals surface area contributed by atoms with E-state index in [2.05, 4.69) is 32.1 Å². The number of hydrogen-bond donors (Lipinski definition) is 4. The van der Waals surface area contributed by atoms with Crippen molar-refractivity contribution in [2.75, 3.05) is 31.6 Å². The van der Waals surface area contributed by atoms with Crippen LogP contribution in [0.2, 0.25) is 5.02 Å². The van der Waals surface area contributed by atoms with Crippen LogP contribution in [0.4, 0.5) is 5.69 Å². The summed E-state index contributed by atoms with van der Waals surface area (Å²) < 4.78 is 0. The maximum absolute atomic E-state index is 10.1. The summed E-state index contributed by atoms with van der Waals surface area (Å²) in [4.78, 5) is 15.4. The van der Waals surface area contributed by atoms with Gasteiger partial charge in [0.15, 0.2) is 5.82 Å². The van der Waals surface area contributed by atoms with Crippen LogP contribution in [0.5, 0.6) is 0 Å². The number of hydrogen-bond acceptors (Lipinski definition) is 8. The van der Waals surface area contributed by atoms with Crippen molar-refractivity contribution in [3.63, 3.8) is 0 Å². The third-order valence-corrected chi connectivity index (χ3v) is 6.94. The maximum atomic E-state index is 10.1. The van der Waals surface area contributed by atoms with E-state index in [-0.39, 0.29) is 12.6 Å². The number of rotatable bonds is 8. The number of aromatic nitrogens is 3. The smallest absolute Gasteiger partial charge is 0.159 e. The van der Waals surface area contributed by atoms with E-state index in [1.165, 1.54) is 0 Å². The van der Waals surface area contributed by atoms with E-state index in [4.69, 9.17) is 11.6 Å². The van der Waals surface area contributed by atoms with Crippen LogP contribution in [0.3, 0.4) is 0 Å². The minimum atomic E-state index is -1.10. The zero-order chi connectivity index (χ0) is 25.2. The van der Waals surface area contributed by atoms with Crippen molar-refractivity contribution in [1.82, 2.24) is 19.9 Å². The molecule has 1 aromatic carbocycles. The summed E-state index contributed by atoms with van der Waals surface area (Å²) in [7, 11) is 0. The molecule has 2 unspecified atom stereocenters. The van der Waals surface area contributed by atoms with E-state index >= 15 is 0 Å². The number of likely N-dealkylation sites (tertiary alicyclic amines) is 1. The SMILES string of the molecule is C[C@H](Nc1c(Cl)cnc2ccc(-c3cnc(C(C)(C)O)nc3)cc12)C1CCCN(CC(O)CO)C1. The highest BCUT2D eigenvalue weighted by atomic mass is 35.5. The Kier molecular flexibility index (Phi) is 7.88. The van der Waals surface area contributed by atoms with Crippen molar-refractivity contribution in [2.24, 2.45) is 5.92 Å². The fourth-order valence-corrected chi connectivity index (χ4v) is 4.86. The molecule has 1 saturated heterocycles. The molecule has 0 radical (unpaired) electrons. The molecule has 1 aliphatic heterocycles. The maximum Gasteiger partial charge on any atom is 0.159 e. The van der Waals surface area contributed by atoms with Crippen molar-refractivity contribution in [2.45, 2.75) is 51.4 Å². The molecular weight excluding hydrogens is 466 g/mol. The molecule has 188 valence electrons. The summed E-state index contributed by atoms with van der Waals surface area (Å²) in [5.74, 6) is 0.746. The number of aliphatic hydroxyl groups is 3. The number of pyridine rings is 1. The Morgan fingerprint density at radius 2 is 1.91 bits per heavy atom. The quantitative estimate of drug-likeness (QED) is 0.372. The van der Waals surface area contributed by atoms with Crippen LogP contribution >= 0.6 is 11.6 Å². The first-order valence-electron chi connectivity index (χ1n) is 12.1. The Morgan fingerprint density at radius 3 is 2.60 bits per heavy atom. The molecule has 3 aromatic rings. The zero-order valence-corrected chi connectivity index (χ0v) is 21.2. The second-order valence-corrected chi connectivity index (χ2v) is 10.4. The second kappa shape index (κ2) is 10.7. The van der Waals surface area contributed by atoms with Crippen LogP contribution in [0.25, 0.3) is 22.0 Å². The number of aliphatic hydroxyl groups excluding tert-OH is 2. The van der Waals surface area contributed by atoms with Gasteiger partial charge in [0.25, 0.3) is 0 Å². The molecule has 1 fully saturated rings. The fraction of sp³-hybridized carbons (Fsp3) is 0.500. The monoisotopic (exact) mass is 499 g/mol. The molecule has 3 heterocycles. The topological polar surface area (TPSA) is 115 Å². The number of nitrogens with one attached hydrogen (secondary N) is 1. The minimum Gasteiger partial charge on any atom is -0.394 e. The van der Waals surface area contributed by atoms with Crippen LogP contribution in [0, 0.1) is 5.92 Å². The summed E-state index contributed by atoms with van der Waals surface area (Å²) in [6, 6.07) is 6.12. The van der Waals surface area contributed by atoms with E-state index in [1.54, 1.807) is 32.4 Å². The molecule has 9 heteroatoms. The van der Waals surface area contributed by atoms with Gasteiger partial charge in [-0.05, 0) is 63.8 Å². The highest BCUT2D eigenvalue weighted by Crippen LogP contribution is 2.34. The number of piperidine rings is 1. The molecule has 0 spiro atoms. The van der Waals surface area contributed by atoms with Gasteiger partial charge < -0.3 is 25.5 Å². The van der Waals surface area contributed by atoms with Crippen LogP contribution in [-0.4, -0.2) is 73.6 Å². The molecule has 0 amide bonds. The third-order valence-electron chi connectivity index (χ3n) is 6.65. The van der Waals surface area contributed by atoms with Crippen molar-refractivity contribution < 1.29 is 15.3 Å². The molecule has 4 rings (SSSR count). The third kappa shape index (κ3) is 6.08. The first kappa shape index (κ1) is 25.7. The Balaban J connectivity index is 1.58. The predicted molar refractivity (Wildman–Crippen MR) is 138 cm³/mol. The van der Waals surface area contributed by atoms with E-state index in [0.717, 1.165) is 53.6 Å². The van der Waals surface area contributed by atoms with E-state index in [9.17, 15) is 15.3 Å². The summed E-state index contributed by atoms with van der Waals surface area (Å²) in [5.41, 5.74) is 2.34. The molecule has 0 aliphatic carbocycles. The lowest BCUT2D eigenvalue weighted by atomic mass is 9.91. The van der Waals surface area contributed by atoms with Gasteiger partial charge in [-0.3, -0.25) is 4.98 Å². The molecule has 1 aliphatic rings. The number of halogens is 1. The van der Waals surface area contributed by atoms with Gasteiger partial charge in [0.1, 0.15) is 5.60 Å². The first-order chi connectivity index (χ1) is 16.7. The predicted octanol–water partition coefficient (Wildman–Crippen LogP) is 3.44. The number of fused-ring (bicyclic) bond motifs is 1. The Labute approximate surface area is 211 Å². The van der Waals surface area contributed by atoms with Gasteiger partial charge in [-0.25, -0.2) is 9.97 Å². The average molecular weight is 500 g/mol. The number of β-amino-alcohol motifs (C(OH)–C–C–N with tert-alkyl or cyclic N) is 1. The van der Waals surface area contributed by atoms with E-state index in [1.807, 2.05) is 18.2 Å². The van der Waals surface area contributed by atoms with Gasteiger partial charge in [-0.15, -0.1) is 0 Å². The number of nitrogens with zero attached hydrogens (tertiary/aromatic N) is 4. The Bertz CT molecular complexity index is 1150. The Morgan fingerprint density at radius 1 is 1.17 bits per heavy atom. The standard InChI is InChI=1S/C26H34ClN5O3/c1-16(18-5-4-8-32(13-18)14-20(34)15-33)31-24-21-9-17(6-7-23(21)28-12-22(24)27)19-10-29-25(30-11-19)26(2,3)35/h6-7,9-12,16,18,20,33-35H,4-5,8,13-15H2,1-3H3,(H,28,31)/t16-,18?,20?/m0/s1. The van der Waals surface area contributed by atoms with Gasteiger partial charge in [0, 0.05) is 48.7 Å². The zero-order valence-electron chi connectivity index (χ0n) is 20.4. The van der Waals surface area contributed by atoms with Crippen LogP contribution in [-0.2, 0) is 5.60 Å².